The standard InChI is InChI=1S/C65H56N2O2Si2/c1-38-18-10-11-19-41(38)42-28-26-39(34-57(42)70(6)7)66-51-23-15-13-21-49(51)64(2,3)60-53(66)32-30-45-47-36-56-48(37-55(47)68-62(45)60)46-31-33-54-61(63(46)69-56)65(4,5)50-22-14-16-24-52(50)67(54)40-27-29-44-43-20-12-17-25-58(43)71(8,9)59(44)35-40/h10-37,70H,1-9H3. The van der Waals surface area contributed by atoms with E-state index in [0.29, 0.717) is 0 Å². The molecular weight excluding hydrogens is 897 g/mol. The van der Waals surface area contributed by atoms with Crippen molar-refractivity contribution in [1.29, 1.82) is 0 Å². The molecule has 11 aromatic rings. The van der Waals surface area contributed by atoms with Gasteiger partial charge in [-0.25, -0.2) is 0 Å². The molecule has 0 bridgehead atoms. The molecule has 3 aliphatic rings. The number of anilines is 6. The maximum absolute atomic E-state index is 7.25. The first-order chi connectivity index (χ1) is 34.2. The van der Waals surface area contributed by atoms with Gasteiger partial charge in [-0.05, 0) is 129 Å². The summed E-state index contributed by atoms with van der Waals surface area (Å²) in [5, 5.41) is 8.83. The summed E-state index contributed by atoms with van der Waals surface area (Å²) in [6, 6.07) is 63.8. The van der Waals surface area contributed by atoms with Crippen LogP contribution in [0, 0.1) is 6.92 Å². The maximum Gasteiger partial charge on any atom is 0.141 e. The fraction of sp³-hybridized carbons (Fsp3) is 0.169. The van der Waals surface area contributed by atoms with E-state index >= 15 is 0 Å². The number of rotatable bonds is 4. The molecule has 4 nitrogen and oxygen atoms in total. The lowest BCUT2D eigenvalue weighted by molar-refractivity contribution is 0.600. The molecule has 0 saturated heterocycles. The first-order valence-electron chi connectivity index (χ1n) is 25.4. The highest BCUT2D eigenvalue weighted by Gasteiger charge is 2.43. The average Bonchev–Trinajstić information content (AvgIpc) is 3.99. The van der Waals surface area contributed by atoms with E-state index in [1.54, 1.807) is 0 Å². The van der Waals surface area contributed by atoms with Gasteiger partial charge in [0.1, 0.15) is 30.4 Å². The number of fused-ring (bicyclic) bond motifs is 15. The smallest absolute Gasteiger partial charge is 0.141 e. The molecule has 9 aromatic carbocycles. The van der Waals surface area contributed by atoms with E-state index in [4.69, 9.17) is 8.83 Å². The van der Waals surface area contributed by atoms with Gasteiger partial charge in [-0.1, -0.05) is 156 Å². The molecule has 0 aliphatic carbocycles. The topological polar surface area (TPSA) is 32.8 Å². The van der Waals surface area contributed by atoms with Crippen LogP contribution in [0.5, 0.6) is 0 Å². The Morgan fingerprint density at radius 1 is 0.437 bits per heavy atom. The molecule has 0 spiro atoms. The highest BCUT2D eigenvalue weighted by Crippen LogP contribution is 2.57. The molecule has 6 heteroatoms. The highest BCUT2D eigenvalue weighted by atomic mass is 28.3. The van der Waals surface area contributed by atoms with E-state index in [0.717, 1.165) is 55.3 Å². The van der Waals surface area contributed by atoms with E-state index in [9.17, 15) is 0 Å². The molecule has 14 rings (SSSR count). The third-order valence-corrected chi connectivity index (χ3v) is 22.2. The fourth-order valence-electron chi connectivity index (χ4n) is 13.3. The van der Waals surface area contributed by atoms with Crippen molar-refractivity contribution in [3.8, 4) is 22.3 Å². The van der Waals surface area contributed by atoms with Crippen LogP contribution in [-0.4, -0.2) is 16.9 Å². The monoisotopic (exact) mass is 952 g/mol. The van der Waals surface area contributed by atoms with Gasteiger partial charge in [0, 0.05) is 54.9 Å². The Hall–Kier alpha value is -7.39. The number of furan rings is 2. The van der Waals surface area contributed by atoms with Crippen molar-refractivity contribution in [3.63, 3.8) is 0 Å². The summed E-state index contributed by atoms with van der Waals surface area (Å²) in [7, 11) is -3.17. The minimum absolute atomic E-state index is 0.339. The number of benzene rings is 9. The predicted octanol–water partition coefficient (Wildman–Crippen LogP) is 16.2. The Labute approximate surface area is 418 Å². The summed E-state index contributed by atoms with van der Waals surface area (Å²) in [6.45, 7) is 21.6. The van der Waals surface area contributed by atoms with Gasteiger partial charge in [0.15, 0.2) is 0 Å². The molecular formula is C65H56N2O2Si2. The van der Waals surface area contributed by atoms with Gasteiger partial charge in [0.05, 0.1) is 31.5 Å². The first-order valence-corrected chi connectivity index (χ1v) is 31.2. The van der Waals surface area contributed by atoms with E-state index in [-0.39, 0.29) is 10.8 Å². The summed E-state index contributed by atoms with van der Waals surface area (Å²) in [5.74, 6) is 0. The van der Waals surface area contributed by atoms with E-state index in [2.05, 4.69) is 240 Å². The van der Waals surface area contributed by atoms with Crippen molar-refractivity contribution in [2.75, 3.05) is 9.80 Å². The zero-order valence-corrected chi connectivity index (χ0v) is 44.1. The quantitative estimate of drug-likeness (QED) is 0.165. The van der Waals surface area contributed by atoms with Crippen molar-refractivity contribution in [2.24, 2.45) is 0 Å². The van der Waals surface area contributed by atoms with Gasteiger partial charge >= 0.3 is 0 Å². The second-order valence-electron chi connectivity index (χ2n) is 22.3. The van der Waals surface area contributed by atoms with Crippen LogP contribution in [-0.2, 0) is 10.8 Å². The number of para-hydroxylation sites is 2. The third-order valence-electron chi connectivity index (χ3n) is 16.9. The van der Waals surface area contributed by atoms with E-state index in [1.165, 1.54) is 88.4 Å². The van der Waals surface area contributed by atoms with E-state index in [1.807, 2.05) is 0 Å². The third kappa shape index (κ3) is 5.72. The molecule has 0 N–H and O–H groups in total. The fourth-order valence-corrected chi connectivity index (χ4v) is 17.8. The molecule has 2 aromatic heterocycles. The lowest BCUT2D eigenvalue weighted by Crippen LogP contribution is -2.49. The second-order valence-corrected chi connectivity index (χ2v) is 29.6. The average molecular weight is 953 g/mol. The molecule has 5 heterocycles. The summed E-state index contributed by atoms with van der Waals surface area (Å²) >= 11 is 0. The minimum atomic E-state index is -1.92. The zero-order valence-electron chi connectivity index (χ0n) is 42.0. The van der Waals surface area contributed by atoms with Crippen LogP contribution < -0.4 is 25.4 Å². The summed E-state index contributed by atoms with van der Waals surface area (Å²) < 4.78 is 14.5. The molecule has 3 aliphatic heterocycles. The molecule has 346 valence electrons. The molecule has 0 amide bonds. The van der Waals surface area contributed by atoms with Gasteiger partial charge in [0.25, 0.3) is 0 Å². The summed E-state index contributed by atoms with van der Waals surface area (Å²) in [6.07, 6.45) is 0. The predicted molar refractivity (Wildman–Crippen MR) is 305 cm³/mol. The lowest BCUT2D eigenvalue weighted by atomic mass is 9.73. The van der Waals surface area contributed by atoms with Crippen LogP contribution >= 0.6 is 0 Å². The molecule has 71 heavy (non-hydrogen) atoms. The van der Waals surface area contributed by atoms with Gasteiger partial charge in [-0.15, -0.1) is 0 Å². The molecule has 0 atom stereocenters. The summed E-state index contributed by atoms with van der Waals surface area (Å²) in [5.41, 5.74) is 21.8. The van der Waals surface area contributed by atoms with E-state index < -0.39 is 16.9 Å². The van der Waals surface area contributed by atoms with Crippen molar-refractivity contribution < 1.29 is 8.83 Å². The largest absolute Gasteiger partial charge is 0.456 e. The van der Waals surface area contributed by atoms with Gasteiger partial charge in [0.2, 0.25) is 0 Å². The molecule has 0 unspecified atom stereocenters. The first kappa shape index (κ1) is 42.5. The molecule has 0 saturated carbocycles. The molecule has 0 fully saturated rings. The maximum atomic E-state index is 7.25. The number of nitrogens with zero attached hydrogens (tertiary/aromatic N) is 2. The van der Waals surface area contributed by atoms with Gasteiger partial charge < -0.3 is 18.6 Å². The molecule has 0 radical (unpaired) electrons. The summed E-state index contributed by atoms with van der Waals surface area (Å²) in [4.78, 5) is 4.98. The van der Waals surface area contributed by atoms with Crippen molar-refractivity contribution in [1.82, 2.24) is 0 Å². The van der Waals surface area contributed by atoms with Crippen LogP contribution in [0.1, 0.15) is 55.5 Å². The minimum Gasteiger partial charge on any atom is -0.456 e. The Morgan fingerprint density at radius 2 is 0.915 bits per heavy atom. The van der Waals surface area contributed by atoms with Crippen LogP contribution in [0.4, 0.5) is 34.1 Å². The normalized spacial score (nSPS) is 15.8. The van der Waals surface area contributed by atoms with Crippen molar-refractivity contribution in [2.45, 2.75) is 71.6 Å². The lowest BCUT2D eigenvalue weighted by Gasteiger charge is -2.42. The van der Waals surface area contributed by atoms with Crippen molar-refractivity contribution in [3.05, 3.63) is 198 Å². The van der Waals surface area contributed by atoms with Gasteiger partial charge in [-0.2, -0.15) is 0 Å². The van der Waals surface area contributed by atoms with Crippen LogP contribution in [0.2, 0.25) is 26.2 Å². The number of hydrogen-bond donors (Lipinski definition) is 0. The van der Waals surface area contributed by atoms with Crippen LogP contribution in [0.15, 0.2) is 179 Å². The van der Waals surface area contributed by atoms with Crippen LogP contribution in [0.25, 0.3) is 66.1 Å². The zero-order chi connectivity index (χ0) is 48.5. The second kappa shape index (κ2) is 14.6. The van der Waals surface area contributed by atoms with Crippen molar-refractivity contribution >= 4 is 110 Å². The Morgan fingerprint density at radius 3 is 1.48 bits per heavy atom. The van der Waals surface area contributed by atoms with Crippen LogP contribution in [0.3, 0.4) is 0 Å². The Kier molecular flexibility index (Phi) is 8.73. The Balaban J connectivity index is 0.940. The highest BCUT2D eigenvalue weighted by molar-refractivity contribution is 7.03. The van der Waals surface area contributed by atoms with Gasteiger partial charge in [-0.3, -0.25) is 0 Å². The SMILES string of the molecule is Cc1ccccc1-c1ccc(N2c3ccccc3C(C)(C)c3c2ccc2c3oc3cc4c(cc32)oc2c3c(ccc24)N(c2ccc4c(c2)[Si](C)(C)c2ccccc2-4)c2ccccc2C3(C)C)cc1[SiH](C)C. The Bertz CT molecular complexity index is 4110. The number of hydrogen-bond acceptors (Lipinski definition) is 4. The number of aryl methyl sites for hydroxylation is 1.